The summed E-state index contributed by atoms with van der Waals surface area (Å²) in [5, 5.41) is 17.4. The van der Waals surface area contributed by atoms with Gasteiger partial charge in [-0.2, -0.15) is 10.2 Å². The molecule has 0 radical (unpaired) electrons. The van der Waals surface area contributed by atoms with E-state index in [-0.39, 0.29) is 5.56 Å². The lowest BCUT2D eigenvalue weighted by atomic mass is 10.1. The minimum Gasteiger partial charge on any atom is -0.478 e. The molecule has 0 atom stereocenters. The van der Waals surface area contributed by atoms with E-state index >= 15 is 0 Å². The summed E-state index contributed by atoms with van der Waals surface area (Å²) in [5.74, 6) is -0.999. The van der Waals surface area contributed by atoms with Crippen molar-refractivity contribution in [2.75, 3.05) is 0 Å². The summed E-state index contributed by atoms with van der Waals surface area (Å²) in [6.45, 7) is 0. The van der Waals surface area contributed by atoms with Gasteiger partial charge < -0.3 is 5.11 Å². The molecule has 6 heteroatoms. The average Bonchev–Trinajstić information content (AvgIpc) is 3.06. The Kier molecular flexibility index (Phi) is 2.83. The van der Waals surface area contributed by atoms with Crippen LogP contribution >= 0.6 is 0 Å². The van der Waals surface area contributed by atoms with E-state index in [4.69, 9.17) is 0 Å². The summed E-state index contributed by atoms with van der Waals surface area (Å²) in [6, 6.07) is 9.63. The van der Waals surface area contributed by atoms with E-state index in [0.29, 0.717) is 11.3 Å². The van der Waals surface area contributed by atoms with E-state index in [1.165, 1.54) is 10.9 Å². The highest BCUT2D eigenvalue weighted by molar-refractivity contribution is 5.94. The van der Waals surface area contributed by atoms with Crippen LogP contribution in [0.3, 0.4) is 0 Å². The zero-order valence-electron chi connectivity index (χ0n) is 10.8. The molecule has 3 aromatic rings. The molecule has 2 heterocycles. The third-order valence-electron chi connectivity index (χ3n) is 3.05. The number of rotatable bonds is 3. The fourth-order valence-electron chi connectivity index (χ4n) is 2.10. The molecule has 0 saturated carbocycles. The quantitative estimate of drug-likeness (QED) is 0.788. The molecule has 0 amide bonds. The molecule has 0 aliphatic carbocycles. The van der Waals surface area contributed by atoms with Crippen LogP contribution in [-0.2, 0) is 7.05 Å². The maximum atomic E-state index is 11.2. The Hall–Kier alpha value is -2.89. The summed E-state index contributed by atoms with van der Waals surface area (Å²) in [6.07, 6.45) is 4.77. The Bertz CT molecular complexity index is 759. The molecule has 100 valence electrons. The predicted octanol–water partition coefficient (Wildman–Crippen LogP) is 1.97. The van der Waals surface area contributed by atoms with Crippen molar-refractivity contribution in [2.24, 2.45) is 7.05 Å². The second-order valence-electron chi connectivity index (χ2n) is 4.34. The number of aryl methyl sites for hydroxylation is 1. The molecule has 0 bridgehead atoms. The molecule has 0 unspecified atom stereocenters. The molecule has 2 aromatic heterocycles. The van der Waals surface area contributed by atoms with Gasteiger partial charge in [0.25, 0.3) is 0 Å². The van der Waals surface area contributed by atoms with E-state index in [1.807, 2.05) is 30.3 Å². The first-order valence-electron chi connectivity index (χ1n) is 6.02. The number of benzene rings is 1. The monoisotopic (exact) mass is 268 g/mol. The lowest BCUT2D eigenvalue weighted by molar-refractivity contribution is 0.0697. The van der Waals surface area contributed by atoms with E-state index in [1.54, 1.807) is 24.1 Å². The number of aromatic nitrogens is 4. The van der Waals surface area contributed by atoms with Crippen molar-refractivity contribution in [3.8, 4) is 16.9 Å². The van der Waals surface area contributed by atoms with E-state index in [0.717, 1.165) is 5.69 Å². The van der Waals surface area contributed by atoms with Crippen molar-refractivity contribution in [2.45, 2.75) is 0 Å². The summed E-state index contributed by atoms with van der Waals surface area (Å²) in [7, 11) is 1.71. The maximum absolute atomic E-state index is 11.2. The molecule has 1 aromatic carbocycles. The van der Waals surface area contributed by atoms with Crippen molar-refractivity contribution in [3.63, 3.8) is 0 Å². The van der Waals surface area contributed by atoms with E-state index in [2.05, 4.69) is 10.2 Å². The van der Waals surface area contributed by atoms with Crippen molar-refractivity contribution < 1.29 is 9.90 Å². The Morgan fingerprint density at radius 1 is 1.15 bits per heavy atom. The number of hydrogen-bond donors (Lipinski definition) is 1. The Morgan fingerprint density at radius 2 is 1.90 bits per heavy atom. The molecule has 20 heavy (non-hydrogen) atoms. The summed E-state index contributed by atoms with van der Waals surface area (Å²) < 4.78 is 3.24. The normalized spacial score (nSPS) is 10.7. The molecular formula is C14H12N4O2. The van der Waals surface area contributed by atoms with Crippen LogP contribution in [0.5, 0.6) is 0 Å². The highest BCUT2D eigenvalue weighted by atomic mass is 16.4. The third kappa shape index (κ3) is 1.97. The van der Waals surface area contributed by atoms with Crippen LogP contribution in [0.2, 0.25) is 0 Å². The van der Waals surface area contributed by atoms with Gasteiger partial charge in [0, 0.05) is 18.8 Å². The molecular weight excluding hydrogens is 256 g/mol. The van der Waals surface area contributed by atoms with Crippen LogP contribution in [0.1, 0.15) is 10.4 Å². The highest BCUT2D eigenvalue weighted by Crippen LogP contribution is 2.23. The van der Waals surface area contributed by atoms with Crippen molar-refractivity contribution in [3.05, 3.63) is 54.5 Å². The van der Waals surface area contributed by atoms with E-state index < -0.39 is 5.97 Å². The standard InChI is InChI=1S/C14H12N4O2/c1-17-13(12(8-15-17)14(19)20)10-7-16-18(9-10)11-5-3-2-4-6-11/h2-9H,1H3,(H,19,20). The summed E-state index contributed by atoms with van der Waals surface area (Å²) >= 11 is 0. The lowest BCUT2D eigenvalue weighted by Gasteiger charge is -2.01. The van der Waals surface area contributed by atoms with Crippen LogP contribution in [0.4, 0.5) is 0 Å². The molecule has 0 spiro atoms. The predicted molar refractivity (Wildman–Crippen MR) is 72.7 cm³/mol. The first kappa shape index (κ1) is 12.2. The smallest absolute Gasteiger partial charge is 0.339 e. The second-order valence-corrected chi connectivity index (χ2v) is 4.34. The van der Waals surface area contributed by atoms with Crippen LogP contribution in [0, 0.1) is 0 Å². The van der Waals surface area contributed by atoms with Crippen molar-refractivity contribution in [1.29, 1.82) is 0 Å². The van der Waals surface area contributed by atoms with Gasteiger partial charge in [-0.25, -0.2) is 9.48 Å². The van der Waals surface area contributed by atoms with Gasteiger partial charge in [-0.15, -0.1) is 0 Å². The molecule has 3 rings (SSSR count). The highest BCUT2D eigenvalue weighted by Gasteiger charge is 2.18. The number of carboxylic acid groups (broad SMARTS) is 1. The van der Waals surface area contributed by atoms with E-state index in [9.17, 15) is 9.90 Å². The average molecular weight is 268 g/mol. The molecule has 0 saturated heterocycles. The molecule has 6 nitrogen and oxygen atoms in total. The lowest BCUT2D eigenvalue weighted by Crippen LogP contribution is -2.00. The van der Waals surface area contributed by atoms with Gasteiger partial charge in [-0.05, 0) is 12.1 Å². The SMILES string of the molecule is Cn1ncc(C(=O)O)c1-c1cnn(-c2ccccc2)c1. The number of carboxylic acids is 1. The molecule has 0 aliphatic rings. The molecule has 0 fully saturated rings. The number of hydrogen-bond acceptors (Lipinski definition) is 3. The zero-order valence-corrected chi connectivity index (χ0v) is 10.8. The Balaban J connectivity index is 2.07. The summed E-state index contributed by atoms with van der Waals surface area (Å²) in [5.41, 5.74) is 2.34. The zero-order chi connectivity index (χ0) is 14.1. The van der Waals surface area contributed by atoms with Gasteiger partial charge in [-0.1, -0.05) is 18.2 Å². The first-order chi connectivity index (χ1) is 9.66. The molecule has 0 aliphatic heterocycles. The molecule has 1 N–H and O–H groups in total. The topological polar surface area (TPSA) is 72.9 Å². The van der Waals surface area contributed by atoms with Crippen LogP contribution in [-0.4, -0.2) is 30.6 Å². The number of aromatic carboxylic acids is 1. The van der Waals surface area contributed by atoms with Gasteiger partial charge in [-0.3, -0.25) is 4.68 Å². The van der Waals surface area contributed by atoms with Crippen LogP contribution in [0.25, 0.3) is 16.9 Å². The van der Waals surface area contributed by atoms with Crippen molar-refractivity contribution in [1.82, 2.24) is 19.6 Å². The number of nitrogens with zero attached hydrogens (tertiary/aromatic N) is 4. The second kappa shape index (κ2) is 4.65. The number of carbonyl (C=O) groups is 1. The largest absolute Gasteiger partial charge is 0.478 e. The van der Waals surface area contributed by atoms with Gasteiger partial charge in [0.1, 0.15) is 5.56 Å². The van der Waals surface area contributed by atoms with Crippen LogP contribution in [0.15, 0.2) is 48.9 Å². The van der Waals surface area contributed by atoms with Gasteiger partial charge in [0.15, 0.2) is 0 Å². The fourth-order valence-corrected chi connectivity index (χ4v) is 2.10. The first-order valence-corrected chi connectivity index (χ1v) is 6.02. The van der Waals surface area contributed by atoms with Gasteiger partial charge in [0.2, 0.25) is 0 Å². The Labute approximate surface area is 114 Å². The van der Waals surface area contributed by atoms with Gasteiger partial charge >= 0.3 is 5.97 Å². The van der Waals surface area contributed by atoms with Gasteiger partial charge in [0.05, 0.1) is 23.8 Å². The minimum atomic E-state index is -0.999. The van der Waals surface area contributed by atoms with Crippen molar-refractivity contribution >= 4 is 5.97 Å². The maximum Gasteiger partial charge on any atom is 0.339 e. The van der Waals surface area contributed by atoms with Crippen LogP contribution < -0.4 is 0 Å². The third-order valence-corrected chi connectivity index (χ3v) is 3.05. The fraction of sp³-hybridized carbons (Fsp3) is 0.0714. The number of para-hydroxylation sites is 1. The Morgan fingerprint density at radius 3 is 2.60 bits per heavy atom. The summed E-state index contributed by atoms with van der Waals surface area (Å²) in [4.78, 5) is 11.2. The minimum absolute atomic E-state index is 0.167.